The predicted molar refractivity (Wildman–Crippen MR) is 68.6 cm³/mol. The largest absolute Gasteiger partial charge is 0.0693 e. The van der Waals surface area contributed by atoms with Crippen LogP contribution in [0.3, 0.4) is 0 Å². The van der Waals surface area contributed by atoms with Crippen LogP contribution >= 0.6 is 15.9 Å². The Morgan fingerprint density at radius 3 is 2.14 bits per heavy atom. The number of benzene rings is 1. The second-order valence-electron chi connectivity index (χ2n) is 5.37. The Hall–Kier alpha value is -0.0831. The van der Waals surface area contributed by atoms with E-state index in [4.69, 9.17) is 0 Å². The van der Waals surface area contributed by atoms with Gasteiger partial charge in [-0.05, 0) is 35.6 Å². The Labute approximate surface area is 95.9 Å². The molecule has 0 heterocycles. The van der Waals surface area contributed by atoms with Gasteiger partial charge in [0.25, 0.3) is 0 Å². The molecule has 1 aromatic carbocycles. The quantitative estimate of drug-likeness (QED) is 0.686. The zero-order valence-corrected chi connectivity index (χ0v) is 11.6. The van der Waals surface area contributed by atoms with Crippen molar-refractivity contribution in [2.24, 2.45) is 0 Å². The number of halogens is 1. The van der Waals surface area contributed by atoms with E-state index in [1.54, 1.807) is 5.56 Å². The van der Waals surface area contributed by atoms with E-state index in [1.807, 2.05) is 0 Å². The molecule has 1 aliphatic rings. The fourth-order valence-corrected chi connectivity index (χ4v) is 4.86. The molecule has 0 amide bonds. The van der Waals surface area contributed by atoms with Gasteiger partial charge >= 0.3 is 0 Å². The minimum Gasteiger partial charge on any atom is -0.0693 e. The minimum absolute atomic E-state index is 0.870. The lowest BCUT2D eigenvalue weighted by Crippen LogP contribution is -2.20. The smallest absolute Gasteiger partial charge is 0.0480 e. The molecule has 0 bridgehead atoms. The first-order valence-corrected chi connectivity index (χ1v) is 9.61. The highest BCUT2D eigenvalue weighted by molar-refractivity contribution is 9.10. The lowest BCUT2D eigenvalue weighted by Gasteiger charge is -2.15. The van der Waals surface area contributed by atoms with Crippen LogP contribution in [0.15, 0.2) is 28.7 Å². The Morgan fingerprint density at radius 1 is 1.14 bits per heavy atom. The van der Waals surface area contributed by atoms with Gasteiger partial charge in [0, 0.05) is 12.5 Å². The molecule has 2 heteroatoms. The van der Waals surface area contributed by atoms with Crippen LogP contribution in [0, 0.1) is 0 Å². The standard InChI is InChI=1S/C12H17BrSi/c1-14(2,3)12-8-11(12)9-4-6-10(13)7-5-9/h4-7,11-12H,8H2,1-3H3/t11-,12+/m1/s1. The molecule has 0 N–H and O–H groups in total. The van der Waals surface area contributed by atoms with Crippen molar-refractivity contribution in [3.05, 3.63) is 34.3 Å². The van der Waals surface area contributed by atoms with Gasteiger partial charge in [0.15, 0.2) is 0 Å². The van der Waals surface area contributed by atoms with E-state index in [1.165, 1.54) is 10.9 Å². The van der Waals surface area contributed by atoms with Gasteiger partial charge in [0.05, 0.1) is 0 Å². The van der Waals surface area contributed by atoms with E-state index in [9.17, 15) is 0 Å². The molecule has 1 aromatic rings. The molecule has 0 aromatic heterocycles. The van der Waals surface area contributed by atoms with Crippen LogP contribution in [-0.4, -0.2) is 8.07 Å². The summed E-state index contributed by atoms with van der Waals surface area (Å²) in [5.41, 5.74) is 2.56. The van der Waals surface area contributed by atoms with Crippen molar-refractivity contribution in [2.75, 3.05) is 0 Å². The van der Waals surface area contributed by atoms with Crippen molar-refractivity contribution in [3.8, 4) is 0 Å². The number of hydrogen-bond acceptors (Lipinski definition) is 0. The molecule has 1 saturated carbocycles. The Bertz CT molecular complexity index is 323. The summed E-state index contributed by atoms with van der Waals surface area (Å²) in [5, 5.41) is 0. The molecular formula is C12H17BrSi. The van der Waals surface area contributed by atoms with E-state index in [-0.39, 0.29) is 0 Å². The summed E-state index contributed by atoms with van der Waals surface area (Å²) in [4.78, 5) is 0. The highest BCUT2D eigenvalue weighted by atomic mass is 79.9. The van der Waals surface area contributed by atoms with Gasteiger partial charge in [-0.25, -0.2) is 0 Å². The van der Waals surface area contributed by atoms with Crippen LogP contribution in [-0.2, 0) is 0 Å². The molecule has 0 saturated heterocycles. The van der Waals surface area contributed by atoms with Crippen molar-refractivity contribution in [2.45, 2.75) is 37.5 Å². The van der Waals surface area contributed by atoms with Crippen LogP contribution in [0.25, 0.3) is 0 Å². The van der Waals surface area contributed by atoms with Gasteiger partial charge in [0.1, 0.15) is 0 Å². The van der Waals surface area contributed by atoms with Crippen LogP contribution in [0.1, 0.15) is 17.9 Å². The van der Waals surface area contributed by atoms with Crippen molar-refractivity contribution in [1.29, 1.82) is 0 Å². The van der Waals surface area contributed by atoms with Crippen LogP contribution in [0.4, 0.5) is 0 Å². The lowest BCUT2D eigenvalue weighted by molar-refractivity contribution is 1.11. The zero-order chi connectivity index (χ0) is 10.3. The Kier molecular flexibility index (Phi) is 2.60. The van der Waals surface area contributed by atoms with Crippen LogP contribution < -0.4 is 0 Å². The fraction of sp³-hybridized carbons (Fsp3) is 0.500. The summed E-state index contributed by atoms with van der Waals surface area (Å²) in [6.45, 7) is 7.45. The molecule has 0 radical (unpaired) electrons. The summed E-state index contributed by atoms with van der Waals surface area (Å²) >= 11 is 3.48. The Morgan fingerprint density at radius 2 is 1.71 bits per heavy atom. The summed E-state index contributed by atoms with van der Waals surface area (Å²) in [5.74, 6) is 0.870. The molecule has 76 valence electrons. The zero-order valence-electron chi connectivity index (χ0n) is 9.05. The third-order valence-electron chi connectivity index (χ3n) is 3.20. The first kappa shape index (κ1) is 10.4. The number of hydrogen-bond donors (Lipinski definition) is 0. The van der Waals surface area contributed by atoms with E-state index in [0.29, 0.717) is 0 Å². The fourth-order valence-electron chi connectivity index (χ4n) is 2.23. The molecular weight excluding hydrogens is 252 g/mol. The van der Waals surface area contributed by atoms with E-state index >= 15 is 0 Å². The van der Waals surface area contributed by atoms with Gasteiger partial charge in [-0.3, -0.25) is 0 Å². The highest BCUT2D eigenvalue weighted by Gasteiger charge is 2.46. The molecule has 2 rings (SSSR count). The van der Waals surface area contributed by atoms with Gasteiger partial charge in [-0.15, -0.1) is 0 Å². The molecule has 0 unspecified atom stereocenters. The van der Waals surface area contributed by atoms with Gasteiger partial charge in [-0.1, -0.05) is 47.7 Å². The van der Waals surface area contributed by atoms with Crippen molar-refractivity contribution in [3.63, 3.8) is 0 Å². The van der Waals surface area contributed by atoms with Gasteiger partial charge in [-0.2, -0.15) is 0 Å². The monoisotopic (exact) mass is 268 g/mol. The molecule has 0 nitrogen and oxygen atoms in total. The maximum absolute atomic E-state index is 3.48. The Balaban J connectivity index is 2.10. The van der Waals surface area contributed by atoms with Gasteiger partial charge in [0.2, 0.25) is 0 Å². The maximum atomic E-state index is 3.48. The normalized spacial score (nSPS) is 26.3. The van der Waals surface area contributed by atoms with E-state index < -0.39 is 8.07 Å². The van der Waals surface area contributed by atoms with Crippen LogP contribution in [0.2, 0.25) is 25.2 Å². The maximum Gasteiger partial charge on any atom is 0.0480 e. The topological polar surface area (TPSA) is 0 Å². The van der Waals surface area contributed by atoms with Crippen molar-refractivity contribution < 1.29 is 0 Å². The predicted octanol–water partition coefficient (Wildman–Crippen LogP) is 4.64. The third kappa shape index (κ3) is 2.11. The lowest BCUT2D eigenvalue weighted by atomic mass is 10.1. The molecule has 1 aliphatic carbocycles. The second kappa shape index (κ2) is 3.49. The minimum atomic E-state index is -0.895. The third-order valence-corrected chi connectivity index (χ3v) is 6.59. The summed E-state index contributed by atoms with van der Waals surface area (Å²) in [6.07, 6.45) is 1.43. The van der Waals surface area contributed by atoms with E-state index in [0.717, 1.165) is 11.5 Å². The molecule has 2 atom stereocenters. The second-order valence-corrected chi connectivity index (χ2v) is 11.8. The average molecular weight is 269 g/mol. The molecule has 1 fully saturated rings. The van der Waals surface area contributed by atoms with E-state index in [2.05, 4.69) is 59.8 Å². The molecule has 14 heavy (non-hydrogen) atoms. The SMILES string of the molecule is C[Si](C)(C)[C@H]1C[C@@H]1c1ccc(Br)cc1. The summed E-state index contributed by atoms with van der Waals surface area (Å²) in [6, 6.07) is 8.87. The van der Waals surface area contributed by atoms with Gasteiger partial charge < -0.3 is 0 Å². The first-order valence-electron chi connectivity index (χ1n) is 5.24. The van der Waals surface area contributed by atoms with Crippen molar-refractivity contribution in [1.82, 2.24) is 0 Å². The van der Waals surface area contributed by atoms with Crippen molar-refractivity contribution >= 4 is 24.0 Å². The first-order chi connectivity index (χ1) is 6.48. The summed E-state index contributed by atoms with van der Waals surface area (Å²) < 4.78 is 1.19. The number of rotatable bonds is 2. The average Bonchev–Trinajstić information content (AvgIpc) is 2.83. The summed E-state index contributed by atoms with van der Waals surface area (Å²) in [7, 11) is -0.895. The molecule has 0 spiro atoms. The molecule has 0 aliphatic heterocycles. The van der Waals surface area contributed by atoms with Crippen LogP contribution in [0.5, 0.6) is 0 Å². The highest BCUT2D eigenvalue weighted by Crippen LogP contribution is 2.58.